The summed E-state index contributed by atoms with van der Waals surface area (Å²) in [5.74, 6) is -0.332. The minimum atomic E-state index is -1.09. The van der Waals surface area contributed by atoms with Crippen LogP contribution in [0.2, 0.25) is 0 Å². The summed E-state index contributed by atoms with van der Waals surface area (Å²) >= 11 is 0. The molecule has 0 saturated heterocycles. The van der Waals surface area contributed by atoms with Crippen molar-refractivity contribution in [1.29, 1.82) is 0 Å². The van der Waals surface area contributed by atoms with Crippen molar-refractivity contribution in [3.05, 3.63) is 29.8 Å². The van der Waals surface area contributed by atoms with Crippen LogP contribution in [0.3, 0.4) is 0 Å². The lowest BCUT2D eigenvalue weighted by Gasteiger charge is -2.17. The van der Waals surface area contributed by atoms with E-state index in [1.165, 1.54) is 0 Å². The van der Waals surface area contributed by atoms with Gasteiger partial charge in [0.15, 0.2) is 0 Å². The van der Waals surface area contributed by atoms with Crippen LogP contribution in [0.15, 0.2) is 24.3 Å². The number of carboxylic acid groups (broad SMARTS) is 1. The molecule has 1 aromatic carbocycles. The van der Waals surface area contributed by atoms with Crippen LogP contribution >= 0.6 is 0 Å². The third kappa shape index (κ3) is 3.25. The first-order valence-electron chi connectivity index (χ1n) is 4.68. The number of benzene rings is 1. The van der Waals surface area contributed by atoms with Crippen LogP contribution in [-0.2, 0) is 11.2 Å². The molecule has 1 atom stereocenters. The van der Waals surface area contributed by atoms with Crippen molar-refractivity contribution in [2.45, 2.75) is 12.5 Å². The Morgan fingerprint density at radius 1 is 1.47 bits per heavy atom. The van der Waals surface area contributed by atoms with E-state index in [0.717, 1.165) is 11.3 Å². The van der Waals surface area contributed by atoms with Gasteiger partial charge >= 0.3 is 0 Å². The molecule has 4 heteroatoms. The first kappa shape index (κ1) is 11.5. The third-order valence-corrected chi connectivity index (χ3v) is 2.23. The second-order valence-electron chi connectivity index (χ2n) is 3.21. The lowest BCUT2D eigenvalue weighted by molar-refractivity contribution is -0.308. The zero-order chi connectivity index (χ0) is 11.3. The fourth-order valence-corrected chi connectivity index (χ4v) is 1.30. The molecule has 1 N–H and O–H groups in total. The fourth-order valence-electron chi connectivity index (χ4n) is 1.30. The van der Waals surface area contributed by atoms with Gasteiger partial charge in [-0.05, 0) is 31.2 Å². The zero-order valence-corrected chi connectivity index (χ0v) is 8.82. The van der Waals surface area contributed by atoms with Gasteiger partial charge < -0.3 is 20.0 Å². The van der Waals surface area contributed by atoms with Gasteiger partial charge in [-0.15, -0.1) is 0 Å². The van der Waals surface area contributed by atoms with Crippen molar-refractivity contribution < 1.29 is 14.6 Å². The molecule has 0 amide bonds. The van der Waals surface area contributed by atoms with Gasteiger partial charge in [-0.3, -0.25) is 0 Å². The van der Waals surface area contributed by atoms with Crippen LogP contribution in [0.25, 0.3) is 0 Å². The fraction of sp³-hybridized carbons (Fsp3) is 0.364. The standard InChI is InChI=1S/C11H15NO3/c1-12-10(11(13)14)7-8-3-5-9(15-2)6-4-8/h3-6,10,12H,7H2,1-2H3,(H,13,14)/p-1/t10-/m0/s1. The summed E-state index contributed by atoms with van der Waals surface area (Å²) in [6, 6.07) is 6.63. The van der Waals surface area contributed by atoms with Gasteiger partial charge in [0.05, 0.1) is 19.1 Å². The van der Waals surface area contributed by atoms with Crippen LogP contribution < -0.4 is 15.2 Å². The SMILES string of the molecule is CN[C@@H](Cc1ccc(OC)cc1)C(=O)[O-]. The number of aliphatic carboxylic acids is 1. The predicted octanol–water partition coefficient (Wildman–Crippen LogP) is -0.424. The van der Waals surface area contributed by atoms with Gasteiger partial charge in [0.1, 0.15) is 5.75 Å². The van der Waals surface area contributed by atoms with Crippen molar-refractivity contribution in [2.75, 3.05) is 14.2 Å². The molecule has 0 heterocycles. The van der Waals surface area contributed by atoms with Crippen LogP contribution in [0.1, 0.15) is 5.56 Å². The van der Waals surface area contributed by atoms with E-state index in [4.69, 9.17) is 4.74 Å². The predicted molar refractivity (Wildman–Crippen MR) is 54.6 cm³/mol. The quantitative estimate of drug-likeness (QED) is 0.713. The van der Waals surface area contributed by atoms with E-state index < -0.39 is 12.0 Å². The number of likely N-dealkylation sites (N-methyl/N-ethyl adjacent to an activating group) is 1. The van der Waals surface area contributed by atoms with E-state index in [0.29, 0.717) is 6.42 Å². The Labute approximate surface area is 88.9 Å². The molecule has 0 aliphatic heterocycles. The number of hydrogen-bond donors (Lipinski definition) is 1. The summed E-state index contributed by atoms with van der Waals surface area (Å²) < 4.78 is 5.00. The Morgan fingerprint density at radius 3 is 2.47 bits per heavy atom. The maximum absolute atomic E-state index is 10.7. The lowest BCUT2D eigenvalue weighted by atomic mass is 10.1. The zero-order valence-electron chi connectivity index (χ0n) is 8.82. The van der Waals surface area contributed by atoms with Gasteiger partial charge in [-0.2, -0.15) is 0 Å². The molecule has 0 spiro atoms. The van der Waals surface area contributed by atoms with Crippen LogP contribution in [0.4, 0.5) is 0 Å². The Balaban J connectivity index is 2.67. The number of hydrogen-bond acceptors (Lipinski definition) is 4. The topological polar surface area (TPSA) is 61.4 Å². The average molecular weight is 208 g/mol. The molecule has 0 fully saturated rings. The molecular weight excluding hydrogens is 194 g/mol. The van der Waals surface area contributed by atoms with E-state index in [-0.39, 0.29) is 0 Å². The Hall–Kier alpha value is -1.55. The van der Waals surface area contributed by atoms with Gasteiger partial charge in [0.2, 0.25) is 0 Å². The van der Waals surface area contributed by atoms with Crippen molar-refractivity contribution >= 4 is 5.97 Å². The molecule has 0 aromatic heterocycles. The highest BCUT2D eigenvalue weighted by Gasteiger charge is 2.07. The molecule has 0 radical (unpaired) electrons. The lowest BCUT2D eigenvalue weighted by Crippen LogP contribution is -2.45. The van der Waals surface area contributed by atoms with Gasteiger partial charge in [0.25, 0.3) is 0 Å². The molecule has 4 nitrogen and oxygen atoms in total. The highest BCUT2D eigenvalue weighted by Crippen LogP contribution is 2.12. The number of carboxylic acids is 1. The van der Waals surface area contributed by atoms with Gasteiger partial charge in [-0.1, -0.05) is 12.1 Å². The minimum Gasteiger partial charge on any atom is -0.548 e. The first-order valence-corrected chi connectivity index (χ1v) is 4.68. The van der Waals surface area contributed by atoms with Gasteiger partial charge in [0, 0.05) is 0 Å². The summed E-state index contributed by atoms with van der Waals surface area (Å²) in [7, 11) is 3.19. The highest BCUT2D eigenvalue weighted by molar-refractivity contribution is 5.71. The molecule has 1 aromatic rings. The summed E-state index contributed by atoms with van der Waals surface area (Å²) in [5, 5.41) is 13.3. The van der Waals surface area contributed by atoms with E-state index in [2.05, 4.69) is 5.32 Å². The number of ether oxygens (including phenoxy) is 1. The second kappa shape index (κ2) is 5.36. The number of carbonyl (C=O) groups excluding carboxylic acids is 1. The molecule has 1 rings (SSSR count). The smallest absolute Gasteiger partial charge is 0.118 e. The molecule has 0 aliphatic rings. The Bertz CT molecular complexity index is 321. The third-order valence-electron chi connectivity index (χ3n) is 2.23. The molecule has 0 unspecified atom stereocenters. The van der Waals surface area contributed by atoms with Crippen LogP contribution in [-0.4, -0.2) is 26.2 Å². The highest BCUT2D eigenvalue weighted by atomic mass is 16.5. The normalized spacial score (nSPS) is 12.1. The molecule has 82 valence electrons. The van der Waals surface area contributed by atoms with E-state index in [1.54, 1.807) is 26.3 Å². The van der Waals surface area contributed by atoms with Crippen molar-refractivity contribution in [2.24, 2.45) is 0 Å². The minimum absolute atomic E-state index is 0.406. The summed E-state index contributed by atoms with van der Waals surface area (Å²) in [4.78, 5) is 10.7. The molecule has 15 heavy (non-hydrogen) atoms. The van der Waals surface area contributed by atoms with Crippen molar-refractivity contribution in [3.63, 3.8) is 0 Å². The monoisotopic (exact) mass is 208 g/mol. The van der Waals surface area contributed by atoms with Crippen LogP contribution in [0, 0.1) is 0 Å². The molecule has 0 saturated carbocycles. The molecular formula is C11H14NO3-. The second-order valence-corrected chi connectivity index (χ2v) is 3.21. The van der Waals surface area contributed by atoms with Crippen molar-refractivity contribution in [3.8, 4) is 5.75 Å². The summed E-state index contributed by atoms with van der Waals surface area (Å²) in [5.41, 5.74) is 0.930. The summed E-state index contributed by atoms with van der Waals surface area (Å²) in [6.07, 6.45) is 0.406. The van der Waals surface area contributed by atoms with E-state index in [9.17, 15) is 9.90 Å². The maximum Gasteiger partial charge on any atom is 0.118 e. The summed E-state index contributed by atoms with van der Waals surface area (Å²) in [6.45, 7) is 0. The molecule has 0 bridgehead atoms. The average Bonchev–Trinajstić information content (AvgIpc) is 2.26. The Kier molecular flexibility index (Phi) is 4.12. The largest absolute Gasteiger partial charge is 0.548 e. The number of methoxy groups -OCH3 is 1. The first-order chi connectivity index (χ1) is 7.17. The maximum atomic E-state index is 10.7. The van der Waals surface area contributed by atoms with E-state index in [1.807, 2.05) is 12.1 Å². The number of nitrogens with one attached hydrogen (secondary N) is 1. The van der Waals surface area contributed by atoms with Gasteiger partial charge in [-0.25, -0.2) is 0 Å². The number of carbonyl (C=O) groups is 1. The molecule has 0 aliphatic carbocycles. The van der Waals surface area contributed by atoms with Crippen LogP contribution in [0.5, 0.6) is 5.75 Å². The van der Waals surface area contributed by atoms with E-state index >= 15 is 0 Å². The number of rotatable bonds is 5. The van der Waals surface area contributed by atoms with Crippen molar-refractivity contribution in [1.82, 2.24) is 5.32 Å². The Morgan fingerprint density at radius 2 is 2.07 bits per heavy atom.